The van der Waals surface area contributed by atoms with Crippen LogP contribution in [0.4, 0.5) is 11.5 Å². The Hall–Kier alpha value is -3.61. The zero-order valence-electron chi connectivity index (χ0n) is 14.4. The first-order chi connectivity index (χ1) is 12.8. The van der Waals surface area contributed by atoms with Gasteiger partial charge in [0.2, 0.25) is 0 Å². The predicted octanol–water partition coefficient (Wildman–Crippen LogP) is 3.78. The highest BCUT2D eigenvalue weighted by molar-refractivity contribution is 5.90. The first-order valence-electron chi connectivity index (χ1n) is 8.02. The number of ether oxygens (including phenoxy) is 2. The molecule has 0 saturated carbocycles. The molecular weight excluding hydrogens is 330 g/mol. The maximum atomic E-state index is 5.35. The number of pyridine rings is 2. The van der Waals surface area contributed by atoms with Gasteiger partial charge in [0, 0.05) is 35.9 Å². The molecule has 3 aromatic heterocycles. The van der Waals surface area contributed by atoms with Crippen LogP contribution in [0, 0.1) is 0 Å². The Kier molecular flexibility index (Phi) is 4.10. The molecule has 0 aliphatic rings. The summed E-state index contributed by atoms with van der Waals surface area (Å²) in [4.78, 5) is 16.5. The van der Waals surface area contributed by atoms with Gasteiger partial charge >= 0.3 is 0 Å². The molecule has 0 bridgehead atoms. The van der Waals surface area contributed by atoms with Crippen molar-refractivity contribution < 1.29 is 9.47 Å². The molecule has 0 atom stereocenters. The molecule has 0 unspecified atom stereocenters. The van der Waals surface area contributed by atoms with Gasteiger partial charge in [-0.05, 0) is 30.3 Å². The average molecular weight is 347 g/mol. The van der Waals surface area contributed by atoms with E-state index in [1.54, 1.807) is 32.8 Å². The van der Waals surface area contributed by atoms with Gasteiger partial charge in [-0.2, -0.15) is 0 Å². The number of hydrogen-bond donors (Lipinski definition) is 2. The van der Waals surface area contributed by atoms with Crippen LogP contribution in [-0.2, 0) is 0 Å². The minimum Gasteiger partial charge on any atom is -0.493 e. The lowest BCUT2D eigenvalue weighted by Crippen LogP contribution is -1.96. The summed E-state index contributed by atoms with van der Waals surface area (Å²) in [7, 11) is 3.22. The number of benzene rings is 1. The number of H-pyrrole nitrogens is 1. The minimum absolute atomic E-state index is 0.643. The lowest BCUT2D eigenvalue weighted by Gasteiger charge is -2.11. The van der Waals surface area contributed by atoms with Crippen LogP contribution in [0.15, 0.2) is 55.0 Å². The molecule has 0 amide bonds. The van der Waals surface area contributed by atoms with Crippen LogP contribution >= 0.6 is 0 Å². The molecule has 0 radical (unpaired) electrons. The summed E-state index contributed by atoms with van der Waals surface area (Å²) in [5.74, 6) is 2.74. The van der Waals surface area contributed by atoms with E-state index in [1.165, 1.54) is 0 Å². The van der Waals surface area contributed by atoms with E-state index in [-0.39, 0.29) is 0 Å². The Morgan fingerprint density at radius 3 is 2.50 bits per heavy atom. The number of nitrogens with zero attached hydrogens (tertiary/aromatic N) is 3. The fraction of sp³-hybridized carbons (Fsp3) is 0.105. The van der Waals surface area contributed by atoms with Gasteiger partial charge in [-0.15, -0.1) is 0 Å². The lowest BCUT2D eigenvalue weighted by atomic mass is 10.2. The first-order valence-corrected chi connectivity index (χ1v) is 8.02. The highest BCUT2D eigenvalue weighted by atomic mass is 16.5. The number of hydrogen-bond acceptors (Lipinski definition) is 6. The van der Waals surface area contributed by atoms with E-state index in [2.05, 4.69) is 20.3 Å². The number of nitrogens with one attached hydrogen (secondary N) is 2. The van der Waals surface area contributed by atoms with Crippen LogP contribution in [0.2, 0.25) is 0 Å². The van der Waals surface area contributed by atoms with Crippen LogP contribution in [0.3, 0.4) is 0 Å². The Morgan fingerprint density at radius 2 is 1.73 bits per heavy atom. The SMILES string of the molecule is COc1ccc(Nc2nccc3[nH]c(-c4ccncc4)nc23)cc1OC. The zero-order chi connectivity index (χ0) is 17.9. The maximum Gasteiger partial charge on any atom is 0.162 e. The largest absolute Gasteiger partial charge is 0.493 e. The van der Waals surface area contributed by atoms with Gasteiger partial charge < -0.3 is 19.8 Å². The van der Waals surface area contributed by atoms with E-state index in [0.717, 1.165) is 28.1 Å². The van der Waals surface area contributed by atoms with Crippen molar-refractivity contribution in [2.75, 3.05) is 19.5 Å². The van der Waals surface area contributed by atoms with E-state index in [0.29, 0.717) is 17.3 Å². The monoisotopic (exact) mass is 347 g/mol. The summed E-state index contributed by atoms with van der Waals surface area (Å²) >= 11 is 0. The summed E-state index contributed by atoms with van der Waals surface area (Å²) in [6.07, 6.45) is 5.22. The lowest BCUT2D eigenvalue weighted by molar-refractivity contribution is 0.355. The number of methoxy groups -OCH3 is 2. The van der Waals surface area contributed by atoms with E-state index in [1.807, 2.05) is 36.4 Å². The molecule has 130 valence electrons. The third-order valence-corrected chi connectivity index (χ3v) is 4.00. The predicted molar refractivity (Wildman–Crippen MR) is 99.9 cm³/mol. The number of fused-ring (bicyclic) bond motifs is 1. The Labute approximate surface area is 150 Å². The Morgan fingerprint density at radius 1 is 0.923 bits per heavy atom. The van der Waals surface area contributed by atoms with Crippen LogP contribution in [0.1, 0.15) is 0 Å². The van der Waals surface area contributed by atoms with Crippen molar-refractivity contribution >= 4 is 22.5 Å². The zero-order valence-corrected chi connectivity index (χ0v) is 14.4. The Bertz CT molecular complexity index is 1050. The van der Waals surface area contributed by atoms with E-state index in [4.69, 9.17) is 14.5 Å². The quantitative estimate of drug-likeness (QED) is 0.571. The fourth-order valence-electron chi connectivity index (χ4n) is 2.72. The first kappa shape index (κ1) is 15.9. The van der Waals surface area contributed by atoms with Gasteiger partial charge in [0.05, 0.1) is 19.7 Å². The summed E-state index contributed by atoms with van der Waals surface area (Å²) < 4.78 is 10.6. The van der Waals surface area contributed by atoms with E-state index >= 15 is 0 Å². The van der Waals surface area contributed by atoms with Gasteiger partial charge in [0.1, 0.15) is 11.3 Å². The number of aromatic nitrogens is 4. The molecule has 7 heteroatoms. The second kappa shape index (κ2) is 6.72. The second-order valence-corrected chi connectivity index (χ2v) is 5.57. The van der Waals surface area contributed by atoms with Gasteiger partial charge in [-0.3, -0.25) is 4.98 Å². The number of imidazole rings is 1. The molecule has 2 N–H and O–H groups in total. The normalized spacial score (nSPS) is 10.7. The van der Waals surface area contributed by atoms with Gasteiger partial charge in [-0.1, -0.05) is 0 Å². The molecule has 3 heterocycles. The van der Waals surface area contributed by atoms with Gasteiger partial charge in [0.15, 0.2) is 17.3 Å². The van der Waals surface area contributed by atoms with Gasteiger partial charge in [0.25, 0.3) is 0 Å². The molecule has 0 fully saturated rings. The van der Waals surface area contributed by atoms with Crippen molar-refractivity contribution in [3.05, 3.63) is 55.0 Å². The van der Waals surface area contributed by atoms with Crippen molar-refractivity contribution in [2.24, 2.45) is 0 Å². The molecule has 4 rings (SSSR count). The minimum atomic E-state index is 0.643. The third-order valence-electron chi connectivity index (χ3n) is 4.00. The molecule has 0 aliphatic heterocycles. The van der Waals surface area contributed by atoms with Gasteiger partial charge in [-0.25, -0.2) is 9.97 Å². The molecule has 26 heavy (non-hydrogen) atoms. The van der Waals surface area contributed by atoms with E-state index < -0.39 is 0 Å². The smallest absolute Gasteiger partial charge is 0.162 e. The number of rotatable bonds is 5. The van der Waals surface area contributed by atoms with Crippen molar-refractivity contribution in [2.45, 2.75) is 0 Å². The summed E-state index contributed by atoms with van der Waals surface area (Å²) in [5, 5.41) is 3.30. The van der Waals surface area contributed by atoms with E-state index in [9.17, 15) is 0 Å². The summed E-state index contributed by atoms with van der Waals surface area (Å²) in [6, 6.07) is 11.3. The standard InChI is InChI=1S/C19H17N5O2/c1-25-15-4-3-13(11-16(15)26-2)22-19-17-14(7-10-21-19)23-18(24-17)12-5-8-20-9-6-12/h3-11H,1-2H3,(H,21,22)(H,23,24). The highest BCUT2D eigenvalue weighted by Gasteiger charge is 2.11. The van der Waals surface area contributed by atoms with Crippen LogP contribution in [-0.4, -0.2) is 34.2 Å². The summed E-state index contributed by atoms with van der Waals surface area (Å²) in [5.41, 5.74) is 3.45. The topological polar surface area (TPSA) is 85.0 Å². The molecule has 0 spiro atoms. The number of anilines is 2. The van der Waals surface area contributed by atoms with Crippen molar-refractivity contribution in [1.29, 1.82) is 0 Å². The van der Waals surface area contributed by atoms with Crippen molar-refractivity contribution in [3.63, 3.8) is 0 Å². The number of aromatic amines is 1. The summed E-state index contributed by atoms with van der Waals surface area (Å²) in [6.45, 7) is 0. The fourth-order valence-corrected chi connectivity index (χ4v) is 2.72. The second-order valence-electron chi connectivity index (χ2n) is 5.57. The van der Waals surface area contributed by atoms with Crippen LogP contribution in [0.25, 0.3) is 22.4 Å². The maximum absolute atomic E-state index is 5.35. The van der Waals surface area contributed by atoms with Crippen molar-refractivity contribution in [1.82, 2.24) is 19.9 Å². The molecule has 0 saturated heterocycles. The molecule has 7 nitrogen and oxygen atoms in total. The highest BCUT2D eigenvalue weighted by Crippen LogP contribution is 2.32. The van der Waals surface area contributed by atoms with Crippen LogP contribution < -0.4 is 14.8 Å². The van der Waals surface area contributed by atoms with Crippen molar-refractivity contribution in [3.8, 4) is 22.9 Å². The molecule has 1 aromatic carbocycles. The Balaban J connectivity index is 1.72. The average Bonchev–Trinajstić information content (AvgIpc) is 3.14. The molecule has 0 aliphatic carbocycles. The molecule has 4 aromatic rings. The van der Waals surface area contributed by atoms with Crippen LogP contribution in [0.5, 0.6) is 11.5 Å². The third kappa shape index (κ3) is 2.90. The molecular formula is C19H17N5O2.